The third-order valence-electron chi connectivity index (χ3n) is 1.70. The van der Waals surface area contributed by atoms with Crippen LogP contribution in [-0.4, -0.2) is 0 Å². The summed E-state index contributed by atoms with van der Waals surface area (Å²) >= 11 is 3.87. The van der Waals surface area contributed by atoms with E-state index in [1.807, 2.05) is 6.07 Å². The van der Waals surface area contributed by atoms with Gasteiger partial charge in [0, 0.05) is 5.92 Å². The lowest BCUT2D eigenvalue weighted by Gasteiger charge is -2.02. The minimum atomic E-state index is 0.393. The van der Waals surface area contributed by atoms with E-state index in [1.165, 1.54) is 5.56 Å². The predicted molar refractivity (Wildman–Crippen MR) is 56.1 cm³/mol. The van der Waals surface area contributed by atoms with Crippen LogP contribution in [0, 0.1) is 17.1 Å². The number of rotatable bonds is 2. The van der Waals surface area contributed by atoms with Crippen LogP contribution in [-0.2, 0) is 6.42 Å². The predicted octanol–water partition coefficient (Wildman–Crippen LogP) is 2.76. The van der Waals surface area contributed by atoms with Gasteiger partial charge in [-0.25, -0.2) is 0 Å². The van der Waals surface area contributed by atoms with E-state index < -0.39 is 0 Å². The minimum absolute atomic E-state index is 0.393. The summed E-state index contributed by atoms with van der Waals surface area (Å²) in [5.41, 5.74) is 1.33. The van der Waals surface area contributed by atoms with E-state index in [0.717, 1.165) is 6.42 Å². The molecule has 0 saturated heterocycles. The van der Waals surface area contributed by atoms with Crippen molar-refractivity contribution in [1.82, 2.24) is 0 Å². The molecule has 1 aromatic carbocycles. The van der Waals surface area contributed by atoms with Gasteiger partial charge in [0.05, 0.1) is 0 Å². The fraction of sp³-hybridized carbons (Fsp3) is 0.273. The SMILES string of the molecule is CC(C#CS)Cc1ccccc1. The summed E-state index contributed by atoms with van der Waals surface area (Å²) in [6, 6.07) is 10.4. The quantitative estimate of drug-likeness (QED) is 0.520. The number of thiol groups is 1. The van der Waals surface area contributed by atoms with Gasteiger partial charge in [0.2, 0.25) is 0 Å². The smallest absolute Gasteiger partial charge is 0.0223 e. The molecule has 0 aliphatic heterocycles. The van der Waals surface area contributed by atoms with Crippen LogP contribution in [0.4, 0.5) is 0 Å². The van der Waals surface area contributed by atoms with Gasteiger partial charge in [-0.15, -0.1) is 0 Å². The average Bonchev–Trinajstić information content (AvgIpc) is 2.06. The number of hydrogen-bond acceptors (Lipinski definition) is 1. The van der Waals surface area contributed by atoms with Gasteiger partial charge >= 0.3 is 0 Å². The van der Waals surface area contributed by atoms with Gasteiger partial charge < -0.3 is 0 Å². The lowest BCUT2D eigenvalue weighted by molar-refractivity contribution is 0.751. The molecule has 0 spiro atoms. The van der Waals surface area contributed by atoms with Gasteiger partial charge in [0.1, 0.15) is 0 Å². The van der Waals surface area contributed by atoms with Crippen LogP contribution in [0.2, 0.25) is 0 Å². The van der Waals surface area contributed by atoms with Crippen molar-refractivity contribution in [3.63, 3.8) is 0 Å². The molecule has 62 valence electrons. The normalized spacial score (nSPS) is 11.5. The second-order valence-corrected chi connectivity index (χ2v) is 3.07. The molecule has 1 heteroatoms. The van der Waals surface area contributed by atoms with E-state index in [0.29, 0.717) is 5.92 Å². The Bertz CT molecular complexity index is 279. The largest absolute Gasteiger partial charge is 0.0922 e. The lowest BCUT2D eigenvalue weighted by Crippen LogP contribution is -1.95. The molecule has 0 heterocycles. The Labute approximate surface area is 79.4 Å². The third kappa shape index (κ3) is 3.02. The van der Waals surface area contributed by atoms with Crippen LogP contribution in [0.3, 0.4) is 0 Å². The molecule has 0 N–H and O–H groups in total. The molecule has 1 aromatic rings. The van der Waals surface area contributed by atoms with Crippen molar-refractivity contribution in [1.29, 1.82) is 0 Å². The fourth-order valence-electron chi connectivity index (χ4n) is 1.13. The average molecular weight is 176 g/mol. The van der Waals surface area contributed by atoms with E-state index in [4.69, 9.17) is 0 Å². The highest BCUT2D eigenvalue weighted by Crippen LogP contribution is 2.06. The van der Waals surface area contributed by atoms with Crippen LogP contribution in [0.1, 0.15) is 12.5 Å². The Morgan fingerprint density at radius 1 is 1.33 bits per heavy atom. The summed E-state index contributed by atoms with van der Waals surface area (Å²) in [5.74, 6) is 3.40. The molecule has 0 amide bonds. The molecule has 0 fully saturated rings. The van der Waals surface area contributed by atoms with Gasteiger partial charge in [-0.2, -0.15) is 0 Å². The first-order valence-corrected chi connectivity index (χ1v) is 4.46. The van der Waals surface area contributed by atoms with Gasteiger partial charge in [-0.05, 0) is 17.2 Å². The van der Waals surface area contributed by atoms with E-state index in [1.54, 1.807) is 0 Å². The second kappa shape index (κ2) is 4.90. The molecule has 0 radical (unpaired) electrons. The molecule has 1 rings (SSSR count). The summed E-state index contributed by atoms with van der Waals surface area (Å²) in [5, 5.41) is 2.63. The Morgan fingerprint density at radius 2 is 2.00 bits per heavy atom. The van der Waals surface area contributed by atoms with Crippen LogP contribution in [0.25, 0.3) is 0 Å². The van der Waals surface area contributed by atoms with Crippen LogP contribution in [0.5, 0.6) is 0 Å². The van der Waals surface area contributed by atoms with Crippen molar-refractivity contribution in [3.8, 4) is 11.2 Å². The first-order chi connectivity index (χ1) is 5.83. The van der Waals surface area contributed by atoms with Crippen LogP contribution < -0.4 is 0 Å². The maximum Gasteiger partial charge on any atom is 0.0223 e. The highest BCUT2D eigenvalue weighted by molar-refractivity contribution is 7.85. The molecule has 1 unspecified atom stereocenters. The monoisotopic (exact) mass is 176 g/mol. The number of benzene rings is 1. The molecule has 1 atom stereocenters. The topological polar surface area (TPSA) is 0 Å². The summed E-state index contributed by atoms with van der Waals surface area (Å²) < 4.78 is 0. The molecule has 12 heavy (non-hydrogen) atoms. The Kier molecular flexibility index (Phi) is 3.76. The maximum absolute atomic E-state index is 3.87. The van der Waals surface area contributed by atoms with Crippen LogP contribution in [0.15, 0.2) is 30.3 Å². The van der Waals surface area contributed by atoms with Crippen molar-refractivity contribution in [2.75, 3.05) is 0 Å². The Hall–Kier alpha value is -0.870. The van der Waals surface area contributed by atoms with E-state index in [2.05, 4.69) is 55.0 Å². The van der Waals surface area contributed by atoms with Crippen molar-refractivity contribution in [3.05, 3.63) is 35.9 Å². The molecular weight excluding hydrogens is 164 g/mol. The van der Waals surface area contributed by atoms with Crippen molar-refractivity contribution < 1.29 is 0 Å². The Balaban J connectivity index is 2.56. The minimum Gasteiger partial charge on any atom is -0.0922 e. The van der Waals surface area contributed by atoms with E-state index >= 15 is 0 Å². The highest BCUT2D eigenvalue weighted by Gasteiger charge is 1.97. The van der Waals surface area contributed by atoms with Crippen LogP contribution >= 0.6 is 12.6 Å². The zero-order chi connectivity index (χ0) is 8.81. The van der Waals surface area contributed by atoms with Gasteiger partial charge in [-0.3, -0.25) is 0 Å². The summed E-state index contributed by atoms with van der Waals surface area (Å²) in [7, 11) is 0. The Morgan fingerprint density at radius 3 is 2.58 bits per heavy atom. The highest BCUT2D eigenvalue weighted by atomic mass is 32.1. The third-order valence-corrected chi connectivity index (χ3v) is 1.82. The second-order valence-electron chi connectivity index (χ2n) is 2.85. The molecule has 0 aliphatic rings. The molecule has 0 aromatic heterocycles. The fourth-order valence-corrected chi connectivity index (χ4v) is 1.35. The molecular formula is C11H12S. The summed E-state index contributed by atoms with van der Waals surface area (Å²) in [4.78, 5) is 0. The van der Waals surface area contributed by atoms with Gasteiger partial charge in [-0.1, -0.05) is 55.8 Å². The van der Waals surface area contributed by atoms with E-state index in [9.17, 15) is 0 Å². The zero-order valence-corrected chi connectivity index (χ0v) is 8.01. The van der Waals surface area contributed by atoms with Gasteiger partial charge in [0.25, 0.3) is 0 Å². The summed E-state index contributed by atoms with van der Waals surface area (Å²) in [6.07, 6.45) is 1.01. The lowest BCUT2D eigenvalue weighted by atomic mass is 10.0. The van der Waals surface area contributed by atoms with Gasteiger partial charge in [0.15, 0.2) is 0 Å². The molecule has 0 saturated carbocycles. The summed E-state index contributed by atoms with van der Waals surface area (Å²) in [6.45, 7) is 2.11. The number of hydrogen-bond donors (Lipinski definition) is 1. The standard InChI is InChI=1S/C11H12S/c1-10(7-8-12)9-11-5-3-2-4-6-11/h2-6,10,12H,9H2,1H3. The van der Waals surface area contributed by atoms with E-state index in [-0.39, 0.29) is 0 Å². The molecule has 0 aliphatic carbocycles. The van der Waals surface area contributed by atoms with Crippen molar-refractivity contribution in [2.45, 2.75) is 13.3 Å². The first-order valence-electron chi connectivity index (χ1n) is 4.01. The molecule has 0 bridgehead atoms. The van der Waals surface area contributed by atoms with Crippen molar-refractivity contribution >= 4 is 12.6 Å². The molecule has 0 nitrogen and oxygen atoms in total. The zero-order valence-electron chi connectivity index (χ0n) is 7.12. The first kappa shape index (κ1) is 9.22. The maximum atomic E-state index is 3.87. The van der Waals surface area contributed by atoms with Crippen molar-refractivity contribution in [2.24, 2.45) is 5.92 Å².